The highest BCUT2D eigenvalue weighted by Gasteiger charge is 2.53. The van der Waals surface area contributed by atoms with Crippen molar-refractivity contribution < 1.29 is 33.3 Å². The summed E-state index contributed by atoms with van der Waals surface area (Å²) in [5, 5.41) is 0. The monoisotopic (exact) mass is 663 g/mol. The summed E-state index contributed by atoms with van der Waals surface area (Å²) in [5.74, 6) is -1.32. The summed E-state index contributed by atoms with van der Waals surface area (Å²) in [6, 6.07) is 0. The van der Waals surface area contributed by atoms with Crippen LogP contribution in [0, 0.1) is 11.8 Å². The normalized spacial score (nSPS) is 28.9. The lowest BCUT2D eigenvalue weighted by atomic mass is 9.79. The molecule has 0 spiro atoms. The van der Waals surface area contributed by atoms with Crippen LogP contribution in [0.5, 0.6) is 0 Å². The Bertz CT molecular complexity index is 796. The number of rotatable bonds is 30. The average Bonchev–Trinajstić information content (AvgIpc) is 3.99. The van der Waals surface area contributed by atoms with Gasteiger partial charge in [0.15, 0.2) is 0 Å². The Hall–Kier alpha value is -1.18. The highest BCUT2D eigenvalue weighted by molar-refractivity contribution is 5.82. The van der Waals surface area contributed by atoms with E-state index in [1.807, 2.05) is 0 Å². The highest BCUT2D eigenvalue weighted by atomic mass is 16.6. The molecule has 47 heavy (non-hydrogen) atoms. The molecule has 0 aromatic rings. The molecule has 7 heteroatoms. The van der Waals surface area contributed by atoms with E-state index in [-0.39, 0.29) is 24.1 Å². The molecule has 8 unspecified atom stereocenters. The summed E-state index contributed by atoms with van der Waals surface area (Å²) in [4.78, 5) is 25.9. The van der Waals surface area contributed by atoms with E-state index < -0.39 is 11.8 Å². The van der Waals surface area contributed by atoms with Crippen LogP contribution in [0.4, 0.5) is 0 Å². The molecule has 1 saturated carbocycles. The van der Waals surface area contributed by atoms with Gasteiger partial charge in [-0.25, -0.2) is 0 Å². The van der Waals surface area contributed by atoms with Gasteiger partial charge in [0.25, 0.3) is 0 Å². The third-order valence-electron chi connectivity index (χ3n) is 11.0. The van der Waals surface area contributed by atoms with Gasteiger partial charge in [0.05, 0.1) is 61.7 Å². The first-order chi connectivity index (χ1) is 23.1. The molecule has 0 N–H and O–H groups in total. The first-order valence-electron chi connectivity index (χ1n) is 20.4. The van der Waals surface area contributed by atoms with Gasteiger partial charge in [0, 0.05) is 0 Å². The van der Waals surface area contributed by atoms with Crippen LogP contribution in [-0.2, 0) is 33.3 Å². The number of ether oxygens (including phenoxy) is 5. The third-order valence-corrected chi connectivity index (χ3v) is 11.0. The van der Waals surface area contributed by atoms with Crippen LogP contribution < -0.4 is 0 Å². The van der Waals surface area contributed by atoms with Crippen molar-refractivity contribution in [2.45, 2.75) is 217 Å². The quantitative estimate of drug-likeness (QED) is 0.0430. The predicted octanol–water partition coefficient (Wildman–Crippen LogP) is 9.80. The fraction of sp³-hybridized carbons (Fsp3) is 0.950. The van der Waals surface area contributed by atoms with Crippen LogP contribution in [0.2, 0.25) is 0 Å². The molecule has 4 rings (SSSR count). The summed E-state index contributed by atoms with van der Waals surface area (Å²) >= 11 is 0. The van der Waals surface area contributed by atoms with E-state index in [1.165, 1.54) is 128 Å². The number of hydrogen-bond acceptors (Lipinski definition) is 7. The zero-order valence-corrected chi connectivity index (χ0v) is 30.3. The van der Waals surface area contributed by atoms with E-state index in [0.717, 1.165) is 25.7 Å². The molecule has 3 aliphatic heterocycles. The summed E-state index contributed by atoms with van der Waals surface area (Å²) in [7, 11) is 0. The molecule has 4 fully saturated rings. The summed E-state index contributed by atoms with van der Waals surface area (Å²) in [6.45, 7) is 5.36. The minimum absolute atomic E-state index is 0.113. The number of fused-ring (bicyclic) bond motifs is 1. The fourth-order valence-corrected chi connectivity index (χ4v) is 7.82. The Labute approximate surface area is 287 Å². The first-order valence-corrected chi connectivity index (χ1v) is 20.4. The van der Waals surface area contributed by atoms with Gasteiger partial charge in [-0.1, -0.05) is 129 Å². The van der Waals surface area contributed by atoms with E-state index in [9.17, 15) is 9.59 Å². The molecular formula is C40H70O7. The molecule has 7 nitrogen and oxygen atoms in total. The van der Waals surface area contributed by atoms with Crippen molar-refractivity contribution in [1.82, 2.24) is 0 Å². The third kappa shape index (κ3) is 15.5. The van der Waals surface area contributed by atoms with E-state index in [0.29, 0.717) is 50.5 Å². The van der Waals surface area contributed by atoms with Crippen molar-refractivity contribution >= 4 is 11.9 Å². The van der Waals surface area contributed by atoms with Crippen molar-refractivity contribution in [2.24, 2.45) is 11.8 Å². The van der Waals surface area contributed by atoms with Crippen LogP contribution in [-0.4, -0.2) is 61.8 Å². The standard InChI is InChI=1S/C40H70O7/c1-3-23-33-35(45-33)25-19-15-11-7-5-9-13-17-21-27-43-39(41)31-29-37-38(47-37)30-32(31)40(42)44-28-22-18-14-10-6-8-12-16-20-26-36-34(46-36)24-4-2/h31-38H,3-30H2,1-2H3. The zero-order chi connectivity index (χ0) is 33.1. The smallest absolute Gasteiger partial charge is 0.309 e. The first kappa shape index (κ1) is 38.6. The maximum atomic E-state index is 13.0. The van der Waals surface area contributed by atoms with Gasteiger partial charge in [0.1, 0.15) is 0 Å². The Morgan fingerprint density at radius 1 is 0.447 bits per heavy atom. The average molecular weight is 663 g/mol. The largest absolute Gasteiger partial charge is 0.465 e. The molecule has 272 valence electrons. The molecule has 0 radical (unpaired) electrons. The maximum absolute atomic E-state index is 13.0. The lowest BCUT2D eigenvalue weighted by molar-refractivity contribution is -0.162. The number of hydrogen-bond donors (Lipinski definition) is 0. The van der Waals surface area contributed by atoms with Crippen molar-refractivity contribution in [1.29, 1.82) is 0 Å². The molecule has 3 heterocycles. The molecule has 0 aromatic heterocycles. The van der Waals surface area contributed by atoms with Crippen molar-refractivity contribution in [3.05, 3.63) is 0 Å². The lowest BCUT2D eigenvalue weighted by Crippen LogP contribution is -2.37. The summed E-state index contributed by atoms with van der Waals surface area (Å²) in [6.07, 6.45) is 33.1. The second-order valence-electron chi connectivity index (χ2n) is 15.2. The molecule has 3 saturated heterocycles. The summed E-state index contributed by atoms with van der Waals surface area (Å²) < 4.78 is 28.4. The van der Waals surface area contributed by atoms with Gasteiger partial charge in [-0.3, -0.25) is 9.59 Å². The van der Waals surface area contributed by atoms with Crippen molar-refractivity contribution in [2.75, 3.05) is 13.2 Å². The SMILES string of the molecule is CCCC1OC1CCCCCCCCCCCOC(=O)C1CC2OC2CC1C(=O)OCCCCCCCCCCCC1OC1CCC. The zero-order valence-electron chi connectivity index (χ0n) is 30.3. The number of carbonyl (C=O) groups excluding carboxylic acids is 2. The van der Waals surface area contributed by atoms with E-state index in [4.69, 9.17) is 23.7 Å². The number of unbranched alkanes of at least 4 members (excludes halogenated alkanes) is 16. The van der Waals surface area contributed by atoms with E-state index in [1.54, 1.807) is 0 Å². The van der Waals surface area contributed by atoms with Gasteiger partial charge in [-0.15, -0.1) is 0 Å². The van der Waals surface area contributed by atoms with E-state index >= 15 is 0 Å². The predicted molar refractivity (Wildman–Crippen MR) is 186 cm³/mol. The Morgan fingerprint density at radius 2 is 0.766 bits per heavy atom. The second kappa shape index (κ2) is 22.5. The topological polar surface area (TPSA) is 90.2 Å². The molecule has 8 atom stereocenters. The van der Waals surface area contributed by atoms with Crippen LogP contribution in [0.1, 0.15) is 181 Å². The Kier molecular flexibility index (Phi) is 18.5. The minimum atomic E-state index is -0.426. The van der Waals surface area contributed by atoms with Crippen LogP contribution in [0.15, 0.2) is 0 Å². The fourth-order valence-electron chi connectivity index (χ4n) is 7.82. The minimum Gasteiger partial charge on any atom is -0.465 e. The Balaban J connectivity index is 0.925. The molecular weight excluding hydrogens is 592 g/mol. The molecule has 0 bridgehead atoms. The summed E-state index contributed by atoms with van der Waals surface area (Å²) in [5.41, 5.74) is 0. The van der Waals surface area contributed by atoms with Crippen LogP contribution in [0.3, 0.4) is 0 Å². The maximum Gasteiger partial charge on any atom is 0.309 e. The van der Waals surface area contributed by atoms with Gasteiger partial charge in [-0.05, 0) is 51.4 Å². The molecule has 4 aliphatic rings. The van der Waals surface area contributed by atoms with Gasteiger partial charge in [-0.2, -0.15) is 0 Å². The van der Waals surface area contributed by atoms with Crippen molar-refractivity contribution in [3.8, 4) is 0 Å². The lowest BCUT2D eigenvalue weighted by Gasteiger charge is -2.26. The van der Waals surface area contributed by atoms with Gasteiger partial charge < -0.3 is 23.7 Å². The highest BCUT2D eigenvalue weighted by Crippen LogP contribution is 2.44. The number of epoxide rings is 3. The Morgan fingerprint density at radius 3 is 1.13 bits per heavy atom. The van der Waals surface area contributed by atoms with Crippen LogP contribution >= 0.6 is 0 Å². The molecule has 0 aromatic carbocycles. The van der Waals surface area contributed by atoms with Gasteiger partial charge in [0.2, 0.25) is 0 Å². The van der Waals surface area contributed by atoms with Crippen LogP contribution in [0.25, 0.3) is 0 Å². The number of esters is 2. The molecule has 1 aliphatic carbocycles. The number of carbonyl (C=O) groups is 2. The van der Waals surface area contributed by atoms with Gasteiger partial charge >= 0.3 is 11.9 Å². The second-order valence-corrected chi connectivity index (χ2v) is 15.2. The van der Waals surface area contributed by atoms with Crippen molar-refractivity contribution in [3.63, 3.8) is 0 Å². The molecule has 0 amide bonds. The van der Waals surface area contributed by atoms with E-state index in [2.05, 4.69) is 13.8 Å².